The number of hydrogen-bond donors (Lipinski definition) is 3. The number of hydrogen-bond acceptors (Lipinski definition) is 8. The van der Waals surface area contributed by atoms with E-state index < -0.39 is 36.0 Å². The van der Waals surface area contributed by atoms with Crippen LogP contribution in [-0.2, 0) is 10.4 Å². The summed E-state index contributed by atoms with van der Waals surface area (Å²) < 4.78 is 80.8. The lowest BCUT2D eigenvalue weighted by Crippen LogP contribution is -2.54. The maximum absolute atomic E-state index is 13.3. The number of ketones is 1. The number of carbonyl (C=O) groups is 2. The molecule has 41 heavy (non-hydrogen) atoms. The van der Waals surface area contributed by atoms with Gasteiger partial charge in [0.2, 0.25) is 5.91 Å². The molecule has 5 rings (SSSR count). The van der Waals surface area contributed by atoms with Crippen molar-refractivity contribution < 1.29 is 46.1 Å². The Balaban J connectivity index is 1.58. The van der Waals surface area contributed by atoms with E-state index in [-0.39, 0.29) is 52.1 Å². The zero-order valence-electron chi connectivity index (χ0n) is 21.4. The van der Waals surface area contributed by atoms with Gasteiger partial charge in [0.15, 0.2) is 11.4 Å². The Morgan fingerprint density at radius 1 is 1.05 bits per heavy atom. The molecular weight excluding hydrogens is 562 g/mol. The molecule has 10 nitrogen and oxygen atoms in total. The SMILES string of the molecule is CC(=O)c1c([C@H]2C[C@H]3CC[C@@H](C2)N3C(=O)CO)nc2c(-c3ccc(C(O)(C(F)(F)F)C(F)(F)F)nc3)cnn2c1N. The zero-order valence-corrected chi connectivity index (χ0v) is 21.4. The third-order valence-electron chi connectivity index (χ3n) is 7.87. The van der Waals surface area contributed by atoms with Crippen LogP contribution in [-0.4, -0.2) is 77.4 Å². The maximum Gasteiger partial charge on any atom is 0.432 e. The topological polar surface area (TPSA) is 147 Å². The molecule has 0 unspecified atom stereocenters. The first kappa shape index (κ1) is 28.7. The number of nitrogens with zero attached hydrogens (tertiary/aromatic N) is 5. The fraction of sp³-hybridized carbons (Fsp3) is 0.480. The summed E-state index contributed by atoms with van der Waals surface area (Å²) in [5, 5.41) is 23.1. The Bertz CT molecular complexity index is 1490. The van der Waals surface area contributed by atoms with Gasteiger partial charge in [0.25, 0.3) is 5.60 Å². The van der Waals surface area contributed by atoms with E-state index in [0.29, 0.717) is 37.4 Å². The lowest BCUT2D eigenvalue weighted by molar-refractivity contribution is -0.377. The minimum absolute atomic E-state index is 0.0345. The zero-order chi connectivity index (χ0) is 30.1. The van der Waals surface area contributed by atoms with Crippen LogP contribution >= 0.6 is 0 Å². The summed E-state index contributed by atoms with van der Waals surface area (Å²) in [4.78, 5) is 34.5. The Kier molecular flexibility index (Phi) is 6.76. The van der Waals surface area contributed by atoms with Gasteiger partial charge in [-0.05, 0) is 38.7 Å². The van der Waals surface area contributed by atoms with Gasteiger partial charge in [-0.1, -0.05) is 6.07 Å². The molecule has 0 spiro atoms. The molecule has 2 aliphatic rings. The fourth-order valence-electron chi connectivity index (χ4n) is 6.00. The number of aliphatic hydroxyl groups excluding tert-OH is 1. The number of fused-ring (bicyclic) bond motifs is 3. The molecule has 2 bridgehead atoms. The molecule has 16 heteroatoms. The predicted molar refractivity (Wildman–Crippen MR) is 129 cm³/mol. The van der Waals surface area contributed by atoms with Gasteiger partial charge >= 0.3 is 12.4 Å². The summed E-state index contributed by atoms with van der Waals surface area (Å²) in [6, 6.07) is 0.969. The molecule has 0 aromatic carbocycles. The predicted octanol–water partition coefficient (Wildman–Crippen LogP) is 3.12. The van der Waals surface area contributed by atoms with E-state index in [2.05, 4.69) is 15.1 Å². The Hall–Kier alpha value is -3.79. The number of rotatable bonds is 5. The smallest absolute Gasteiger partial charge is 0.387 e. The van der Waals surface area contributed by atoms with Gasteiger partial charge in [-0.15, -0.1) is 0 Å². The summed E-state index contributed by atoms with van der Waals surface area (Å²) in [6.07, 6.45) is -7.92. The van der Waals surface area contributed by atoms with E-state index in [1.165, 1.54) is 13.1 Å². The van der Waals surface area contributed by atoms with Crippen LogP contribution in [0.1, 0.15) is 60.3 Å². The van der Waals surface area contributed by atoms with Crippen LogP contribution in [0.5, 0.6) is 0 Å². The number of carbonyl (C=O) groups excluding carboxylic acids is 2. The molecular formula is C25H24F6N6O4. The number of Topliss-reactive ketones (excluding diaryl/α,β-unsaturated/α-hetero) is 1. The summed E-state index contributed by atoms with van der Waals surface area (Å²) in [5.41, 5.74) is 0.208. The Morgan fingerprint density at radius 2 is 1.66 bits per heavy atom. The lowest BCUT2D eigenvalue weighted by Gasteiger charge is -2.39. The number of aromatic nitrogens is 4. The van der Waals surface area contributed by atoms with Crippen LogP contribution in [0.4, 0.5) is 32.2 Å². The number of piperidine rings is 1. The monoisotopic (exact) mass is 586 g/mol. The van der Waals surface area contributed by atoms with Gasteiger partial charge in [-0.2, -0.15) is 36.0 Å². The second kappa shape index (κ2) is 9.65. The molecule has 2 fully saturated rings. The third kappa shape index (κ3) is 4.39. The number of nitrogen functional groups attached to an aromatic ring is 1. The van der Waals surface area contributed by atoms with Crippen molar-refractivity contribution in [2.75, 3.05) is 12.3 Å². The van der Waals surface area contributed by atoms with E-state index in [1.807, 2.05) is 0 Å². The maximum atomic E-state index is 13.3. The van der Waals surface area contributed by atoms with Crippen molar-refractivity contribution in [1.82, 2.24) is 24.5 Å². The van der Waals surface area contributed by atoms with Gasteiger partial charge in [0.1, 0.15) is 12.4 Å². The second-order valence-electron chi connectivity index (χ2n) is 10.3. The van der Waals surface area contributed by atoms with Crippen molar-refractivity contribution in [1.29, 1.82) is 0 Å². The van der Waals surface area contributed by atoms with Gasteiger partial charge in [-0.25, -0.2) is 4.98 Å². The Morgan fingerprint density at radius 3 is 2.15 bits per heavy atom. The first-order valence-corrected chi connectivity index (χ1v) is 12.5. The molecule has 2 saturated heterocycles. The molecule has 4 N–H and O–H groups in total. The first-order valence-electron chi connectivity index (χ1n) is 12.5. The molecule has 0 saturated carbocycles. The van der Waals surface area contributed by atoms with E-state index in [0.717, 1.165) is 16.8 Å². The Labute approximate surface area is 227 Å². The molecule has 0 radical (unpaired) electrons. The molecule has 0 aliphatic carbocycles. The van der Waals surface area contributed by atoms with E-state index in [1.54, 1.807) is 4.90 Å². The largest absolute Gasteiger partial charge is 0.432 e. The molecule has 220 valence electrons. The van der Waals surface area contributed by atoms with Crippen molar-refractivity contribution >= 4 is 23.2 Å². The average Bonchev–Trinajstić information content (AvgIpc) is 3.44. The van der Waals surface area contributed by atoms with Crippen LogP contribution in [0.25, 0.3) is 16.8 Å². The number of aliphatic hydroxyl groups is 2. The molecule has 2 aliphatic heterocycles. The molecule has 5 heterocycles. The minimum atomic E-state index is -6.09. The van der Waals surface area contributed by atoms with Gasteiger partial charge in [0, 0.05) is 35.3 Å². The first-order chi connectivity index (χ1) is 19.1. The van der Waals surface area contributed by atoms with Gasteiger partial charge in [0.05, 0.1) is 23.1 Å². The number of nitrogens with two attached hydrogens (primary N) is 1. The highest BCUT2D eigenvalue weighted by molar-refractivity contribution is 6.00. The van der Waals surface area contributed by atoms with Crippen LogP contribution in [0.15, 0.2) is 24.5 Å². The van der Waals surface area contributed by atoms with E-state index in [4.69, 9.17) is 5.73 Å². The highest BCUT2D eigenvalue weighted by Gasteiger charge is 2.72. The van der Waals surface area contributed by atoms with Crippen molar-refractivity contribution in [2.24, 2.45) is 0 Å². The standard InChI is InChI=1S/C25H24F6N6O4/c1-11(39)19-20(13-6-14-3-4-15(7-13)36(14)18(40)10-38)35-22-16(9-34-37(22)21(19)32)12-2-5-17(33-8-12)23(41,24(26,27)28)25(29,30)31/h2,5,8-9,13-15,38,41H,3-4,6-7,10,32H2,1H3/t13-,14+,15-. The molecule has 3 aromatic rings. The third-order valence-corrected chi connectivity index (χ3v) is 7.87. The van der Waals surface area contributed by atoms with Crippen molar-refractivity contribution in [2.45, 2.75) is 68.6 Å². The summed E-state index contributed by atoms with van der Waals surface area (Å²) in [6.45, 7) is 0.681. The van der Waals surface area contributed by atoms with E-state index in [9.17, 15) is 46.1 Å². The fourth-order valence-corrected chi connectivity index (χ4v) is 6.00. The van der Waals surface area contributed by atoms with E-state index >= 15 is 0 Å². The lowest BCUT2D eigenvalue weighted by atomic mass is 9.85. The molecule has 1 amide bonds. The molecule has 3 aromatic heterocycles. The summed E-state index contributed by atoms with van der Waals surface area (Å²) in [5.74, 6) is -1.14. The van der Waals surface area contributed by atoms with Crippen LogP contribution < -0.4 is 5.73 Å². The van der Waals surface area contributed by atoms with Crippen LogP contribution in [0, 0.1) is 0 Å². The number of alkyl halides is 6. The number of halogens is 6. The van der Waals surface area contributed by atoms with Crippen molar-refractivity contribution in [3.63, 3.8) is 0 Å². The van der Waals surface area contributed by atoms with Crippen LogP contribution in [0.3, 0.4) is 0 Å². The summed E-state index contributed by atoms with van der Waals surface area (Å²) >= 11 is 0. The van der Waals surface area contributed by atoms with Gasteiger partial charge in [-0.3, -0.25) is 14.6 Å². The normalized spacial score (nSPS) is 21.5. The quantitative estimate of drug-likeness (QED) is 0.305. The van der Waals surface area contributed by atoms with Crippen LogP contribution in [0.2, 0.25) is 0 Å². The minimum Gasteiger partial charge on any atom is -0.387 e. The second-order valence-corrected chi connectivity index (χ2v) is 10.3. The van der Waals surface area contributed by atoms with Crippen molar-refractivity contribution in [3.8, 4) is 11.1 Å². The van der Waals surface area contributed by atoms with Crippen molar-refractivity contribution in [3.05, 3.63) is 41.5 Å². The van der Waals surface area contributed by atoms with Gasteiger partial charge < -0.3 is 20.8 Å². The average molecular weight is 586 g/mol. The highest BCUT2D eigenvalue weighted by atomic mass is 19.4. The summed E-state index contributed by atoms with van der Waals surface area (Å²) in [7, 11) is 0. The number of pyridine rings is 1. The highest BCUT2D eigenvalue weighted by Crippen LogP contribution is 2.50. The molecule has 3 atom stereocenters. The number of anilines is 1. The number of amides is 1.